The average molecular weight is 282 g/mol. The molecule has 0 spiro atoms. The van der Waals surface area contributed by atoms with Crippen molar-refractivity contribution in [2.45, 2.75) is 26.4 Å². The molecule has 0 fully saturated rings. The van der Waals surface area contributed by atoms with Gasteiger partial charge in [-0.25, -0.2) is 14.0 Å². The second-order valence-corrected chi connectivity index (χ2v) is 4.96. The van der Waals surface area contributed by atoms with Crippen LogP contribution in [0.15, 0.2) is 24.3 Å². The van der Waals surface area contributed by atoms with Crippen LogP contribution in [-0.2, 0) is 11.3 Å². The van der Waals surface area contributed by atoms with Crippen LogP contribution in [0.25, 0.3) is 0 Å². The van der Waals surface area contributed by atoms with Crippen molar-refractivity contribution >= 4 is 12.0 Å². The predicted molar refractivity (Wildman–Crippen MR) is 72.7 cm³/mol. The van der Waals surface area contributed by atoms with Crippen molar-refractivity contribution in [2.24, 2.45) is 5.92 Å². The number of carbonyl (C=O) groups is 2. The number of hydrogen-bond acceptors (Lipinski definition) is 2. The smallest absolute Gasteiger partial charge is 0.326 e. The van der Waals surface area contributed by atoms with Crippen LogP contribution in [0.5, 0.6) is 0 Å². The first-order valence-corrected chi connectivity index (χ1v) is 6.30. The molecule has 2 N–H and O–H groups in total. The number of urea groups is 1. The summed E-state index contributed by atoms with van der Waals surface area (Å²) >= 11 is 0. The third-order valence-corrected chi connectivity index (χ3v) is 2.92. The zero-order valence-corrected chi connectivity index (χ0v) is 11.8. The van der Waals surface area contributed by atoms with Gasteiger partial charge in [0.05, 0.1) is 0 Å². The van der Waals surface area contributed by atoms with Gasteiger partial charge in [-0.2, -0.15) is 0 Å². The molecule has 0 radical (unpaired) electrons. The highest BCUT2D eigenvalue weighted by Crippen LogP contribution is 2.09. The van der Waals surface area contributed by atoms with Crippen molar-refractivity contribution in [2.75, 3.05) is 7.05 Å². The van der Waals surface area contributed by atoms with Crippen LogP contribution < -0.4 is 5.32 Å². The monoisotopic (exact) mass is 282 g/mol. The Balaban J connectivity index is 2.68. The Morgan fingerprint density at radius 2 is 1.95 bits per heavy atom. The van der Waals surface area contributed by atoms with Gasteiger partial charge in [0.2, 0.25) is 0 Å². The minimum absolute atomic E-state index is 0.0724. The fourth-order valence-electron chi connectivity index (χ4n) is 1.71. The van der Waals surface area contributed by atoms with Crippen molar-refractivity contribution in [1.82, 2.24) is 10.2 Å². The van der Waals surface area contributed by atoms with Crippen LogP contribution in [0.1, 0.15) is 19.4 Å². The summed E-state index contributed by atoms with van der Waals surface area (Å²) in [5, 5.41) is 11.4. The lowest BCUT2D eigenvalue weighted by Crippen LogP contribution is -2.48. The molecular weight excluding hydrogens is 263 g/mol. The molecule has 1 atom stereocenters. The van der Waals surface area contributed by atoms with E-state index in [0.717, 1.165) is 0 Å². The second kappa shape index (κ2) is 6.88. The maximum Gasteiger partial charge on any atom is 0.326 e. The molecule has 2 amide bonds. The highest BCUT2D eigenvalue weighted by atomic mass is 19.1. The lowest BCUT2D eigenvalue weighted by atomic mass is 10.1. The maximum atomic E-state index is 13.5. The molecule has 0 aliphatic rings. The van der Waals surface area contributed by atoms with Gasteiger partial charge in [0.25, 0.3) is 0 Å². The topological polar surface area (TPSA) is 69.6 Å². The number of nitrogens with one attached hydrogen (secondary N) is 1. The van der Waals surface area contributed by atoms with E-state index in [2.05, 4.69) is 5.32 Å². The Bertz CT molecular complexity index is 491. The van der Waals surface area contributed by atoms with Crippen LogP contribution in [0, 0.1) is 11.7 Å². The van der Waals surface area contributed by atoms with Crippen LogP contribution in [0.4, 0.5) is 9.18 Å². The van der Waals surface area contributed by atoms with Gasteiger partial charge in [-0.15, -0.1) is 0 Å². The number of hydrogen-bond donors (Lipinski definition) is 2. The molecule has 0 heterocycles. The Morgan fingerprint density at radius 1 is 1.35 bits per heavy atom. The molecular formula is C14H19FN2O3. The zero-order valence-electron chi connectivity index (χ0n) is 11.8. The molecule has 0 bridgehead atoms. The summed E-state index contributed by atoms with van der Waals surface area (Å²) < 4.78 is 13.5. The number of aliphatic carboxylic acids is 1. The molecule has 0 aliphatic heterocycles. The van der Waals surface area contributed by atoms with E-state index in [1.807, 2.05) is 0 Å². The Morgan fingerprint density at radius 3 is 2.45 bits per heavy atom. The molecule has 5 nitrogen and oxygen atoms in total. The molecule has 0 aliphatic carbocycles. The number of carboxylic acids is 1. The largest absolute Gasteiger partial charge is 0.480 e. The predicted octanol–water partition coefficient (Wildman–Crippen LogP) is 2.08. The standard InChI is InChI=1S/C14H19FN2O3/c1-9(2)12(13(18)19)16-14(20)17(3)8-10-6-4-5-7-11(10)15/h4-7,9,12H,8H2,1-3H3,(H,16,20)(H,18,19)/t12-/m1/s1. The number of carboxylic acid groups (broad SMARTS) is 1. The summed E-state index contributed by atoms with van der Waals surface area (Å²) in [5.41, 5.74) is 0.376. The number of halogens is 1. The molecule has 1 aromatic rings. The van der Waals surface area contributed by atoms with Gasteiger partial charge < -0.3 is 15.3 Å². The van der Waals surface area contributed by atoms with Gasteiger partial charge in [0, 0.05) is 19.2 Å². The van der Waals surface area contributed by atoms with E-state index >= 15 is 0 Å². The van der Waals surface area contributed by atoms with Crippen molar-refractivity contribution in [3.8, 4) is 0 Å². The first kappa shape index (κ1) is 15.9. The van der Waals surface area contributed by atoms with Gasteiger partial charge >= 0.3 is 12.0 Å². The van der Waals surface area contributed by atoms with Crippen LogP contribution >= 0.6 is 0 Å². The molecule has 0 saturated carbocycles. The highest BCUT2D eigenvalue weighted by molar-refractivity contribution is 5.82. The lowest BCUT2D eigenvalue weighted by molar-refractivity contribution is -0.140. The van der Waals surface area contributed by atoms with Gasteiger partial charge in [-0.1, -0.05) is 32.0 Å². The van der Waals surface area contributed by atoms with Crippen molar-refractivity contribution < 1.29 is 19.1 Å². The zero-order chi connectivity index (χ0) is 15.3. The number of amides is 2. The number of benzene rings is 1. The van der Waals surface area contributed by atoms with Crippen LogP contribution in [0.3, 0.4) is 0 Å². The summed E-state index contributed by atoms with van der Waals surface area (Å²) in [6, 6.07) is 4.63. The van der Waals surface area contributed by atoms with E-state index in [1.54, 1.807) is 32.0 Å². The Hall–Kier alpha value is -2.11. The molecule has 1 aromatic carbocycles. The third-order valence-electron chi connectivity index (χ3n) is 2.92. The summed E-state index contributed by atoms with van der Waals surface area (Å²) in [6.45, 7) is 3.48. The number of carbonyl (C=O) groups excluding carboxylic acids is 1. The molecule has 20 heavy (non-hydrogen) atoms. The molecule has 6 heteroatoms. The normalized spacial score (nSPS) is 12.1. The van der Waals surface area contributed by atoms with E-state index in [1.165, 1.54) is 18.0 Å². The first-order chi connectivity index (χ1) is 9.32. The van der Waals surface area contributed by atoms with Gasteiger partial charge in [-0.3, -0.25) is 0 Å². The summed E-state index contributed by atoms with van der Waals surface area (Å²) in [5.74, 6) is -1.73. The number of rotatable bonds is 5. The number of nitrogens with zero attached hydrogens (tertiary/aromatic N) is 1. The molecule has 0 aromatic heterocycles. The molecule has 110 valence electrons. The Labute approximate surface area is 117 Å². The second-order valence-electron chi connectivity index (χ2n) is 4.96. The van der Waals surface area contributed by atoms with Gasteiger partial charge in [0.1, 0.15) is 11.9 Å². The molecule has 1 rings (SSSR count). The Kier molecular flexibility index (Phi) is 5.49. The molecule has 0 saturated heterocycles. The lowest BCUT2D eigenvalue weighted by Gasteiger charge is -2.23. The highest BCUT2D eigenvalue weighted by Gasteiger charge is 2.24. The van der Waals surface area contributed by atoms with Gasteiger partial charge in [0.15, 0.2) is 0 Å². The quantitative estimate of drug-likeness (QED) is 0.868. The van der Waals surface area contributed by atoms with E-state index in [-0.39, 0.29) is 12.5 Å². The van der Waals surface area contributed by atoms with Crippen molar-refractivity contribution in [3.63, 3.8) is 0 Å². The first-order valence-electron chi connectivity index (χ1n) is 6.30. The van der Waals surface area contributed by atoms with E-state index in [4.69, 9.17) is 5.11 Å². The summed E-state index contributed by atoms with van der Waals surface area (Å²) in [7, 11) is 1.49. The minimum Gasteiger partial charge on any atom is -0.480 e. The summed E-state index contributed by atoms with van der Waals surface area (Å²) in [6.07, 6.45) is 0. The van der Waals surface area contributed by atoms with Crippen LogP contribution in [-0.4, -0.2) is 35.1 Å². The minimum atomic E-state index is -1.09. The maximum absolute atomic E-state index is 13.5. The van der Waals surface area contributed by atoms with E-state index in [9.17, 15) is 14.0 Å². The van der Waals surface area contributed by atoms with Crippen molar-refractivity contribution in [1.29, 1.82) is 0 Å². The van der Waals surface area contributed by atoms with Gasteiger partial charge in [-0.05, 0) is 12.0 Å². The summed E-state index contributed by atoms with van der Waals surface area (Å²) in [4.78, 5) is 24.2. The fourth-order valence-corrected chi connectivity index (χ4v) is 1.71. The van der Waals surface area contributed by atoms with Crippen LogP contribution in [0.2, 0.25) is 0 Å². The third kappa shape index (κ3) is 4.22. The fraction of sp³-hybridized carbons (Fsp3) is 0.429. The van der Waals surface area contributed by atoms with Crippen molar-refractivity contribution in [3.05, 3.63) is 35.6 Å². The average Bonchev–Trinajstić information content (AvgIpc) is 2.37. The van der Waals surface area contributed by atoms with E-state index in [0.29, 0.717) is 5.56 Å². The molecule has 0 unspecified atom stereocenters. The SMILES string of the molecule is CC(C)[C@@H](NC(=O)N(C)Cc1ccccc1F)C(=O)O. The van der Waals surface area contributed by atoms with E-state index < -0.39 is 23.9 Å².